The Morgan fingerprint density at radius 1 is 1.10 bits per heavy atom. The maximum Gasteiger partial charge on any atom is 0.301 e. The minimum atomic E-state index is -0.716. The Bertz CT molecular complexity index is 1320. The number of nitrogens with zero attached hydrogens (tertiary/aromatic N) is 2. The van der Waals surface area contributed by atoms with Crippen molar-refractivity contribution in [2.45, 2.75) is 19.4 Å². The van der Waals surface area contributed by atoms with E-state index in [0.717, 1.165) is 21.5 Å². The molecule has 1 fully saturated rings. The van der Waals surface area contributed by atoms with Crippen LogP contribution in [0.25, 0.3) is 16.0 Å². The van der Waals surface area contributed by atoms with Crippen molar-refractivity contribution in [1.82, 2.24) is 4.98 Å². The summed E-state index contributed by atoms with van der Waals surface area (Å²) in [5.74, 6) is -1.55. The maximum atomic E-state index is 13.2. The molecule has 1 saturated heterocycles. The van der Waals surface area contributed by atoms with Crippen LogP contribution in [0.3, 0.4) is 0 Å². The first kappa shape index (κ1) is 19.7. The summed E-state index contributed by atoms with van der Waals surface area (Å²) < 4.78 is 0.962. The number of benzene rings is 2. The first-order valence-electron chi connectivity index (χ1n) is 9.87. The summed E-state index contributed by atoms with van der Waals surface area (Å²) in [7, 11) is 0. The topological polar surface area (TPSA) is 70.5 Å². The van der Waals surface area contributed by atoms with E-state index in [4.69, 9.17) is 0 Å². The highest BCUT2D eigenvalue weighted by Gasteiger charge is 2.48. The van der Waals surface area contributed by atoms with Gasteiger partial charge in [0.25, 0.3) is 5.78 Å². The molecule has 4 aromatic rings. The van der Waals surface area contributed by atoms with E-state index in [1.54, 1.807) is 24.3 Å². The Kier molecular flexibility index (Phi) is 4.92. The standard InChI is InChI=1S/C24H18N2O3S2/c1-2-14-10-11-16-18(13-14)31-24(25-16)26-20(17-9-6-12-30-17)19(22(28)23(26)29)21(27)15-7-4-3-5-8-15/h3-13,20,27H,2H2,1H3/b21-19+/t20-/m1/s1. The Morgan fingerprint density at radius 3 is 2.61 bits per heavy atom. The van der Waals surface area contributed by atoms with Crippen LogP contribution in [0.15, 0.2) is 71.6 Å². The molecule has 3 heterocycles. The number of aromatic nitrogens is 1. The summed E-state index contributed by atoms with van der Waals surface area (Å²) in [5.41, 5.74) is 2.56. The van der Waals surface area contributed by atoms with Gasteiger partial charge < -0.3 is 5.11 Å². The lowest BCUT2D eigenvalue weighted by atomic mass is 10.00. The molecule has 1 amide bonds. The van der Waals surface area contributed by atoms with Gasteiger partial charge in [0.15, 0.2) is 5.13 Å². The molecule has 1 atom stereocenters. The monoisotopic (exact) mass is 446 g/mol. The van der Waals surface area contributed by atoms with Gasteiger partial charge in [-0.15, -0.1) is 11.3 Å². The molecule has 0 bridgehead atoms. The van der Waals surface area contributed by atoms with Gasteiger partial charge in [0, 0.05) is 10.4 Å². The highest BCUT2D eigenvalue weighted by atomic mass is 32.1. The van der Waals surface area contributed by atoms with Gasteiger partial charge in [0.05, 0.1) is 15.8 Å². The van der Waals surface area contributed by atoms with E-state index in [1.807, 2.05) is 35.7 Å². The average molecular weight is 447 g/mol. The van der Waals surface area contributed by atoms with E-state index >= 15 is 0 Å². The number of aliphatic hydroxyl groups excluding tert-OH is 1. The minimum absolute atomic E-state index is 0.0900. The zero-order valence-corrected chi connectivity index (χ0v) is 18.2. The number of thiazole rings is 1. The highest BCUT2D eigenvalue weighted by Crippen LogP contribution is 2.45. The Morgan fingerprint density at radius 2 is 1.90 bits per heavy atom. The molecule has 0 saturated carbocycles. The maximum absolute atomic E-state index is 13.2. The van der Waals surface area contributed by atoms with Crippen molar-refractivity contribution < 1.29 is 14.7 Å². The molecule has 7 heteroatoms. The predicted octanol–water partition coefficient (Wildman–Crippen LogP) is 5.55. The van der Waals surface area contributed by atoms with E-state index < -0.39 is 17.7 Å². The van der Waals surface area contributed by atoms with Crippen LogP contribution in [0.4, 0.5) is 5.13 Å². The average Bonchev–Trinajstić information content (AvgIpc) is 3.52. The number of ketones is 1. The van der Waals surface area contributed by atoms with Crippen LogP contribution in [0.1, 0.15) is 29.0 Å². The molecular weight excluding hydrogens is 428 g/mol. The van der Waals surface area contributed by atoms with Crippen molar-refractivity contribution in [3.63, 3.8) is 0 Å². The first-order chi connectivity index (χ1) is 15.1. The summed E-state index contributed by atoms with van der Waals surface area (Å²) in [6.07, 6.45) is 0.903. The van der Waals surface area contributed by atoms with E-state index in [1.165, 1.54) is 33.1 Å². The number of rotatable bonds is 4. The first-order valence-corrected chi connectivity index (χ1v) is 11.6. The minimum Gasteiger partial charge on any atom is -0.507 e. The molecule has 0 unspecified atom stereocenters. The summed E-state index contributed by atoms with van der Waals surface area (Å²) in [5, 5.41) is 13.4. The van der Waals surface area contributed by atoms with Crippen LogP contribution in [0, 0.1) is 0 Å². The number of carbonyl (C=O) groups is 2. The van der Waals surface area contributed by atoms with E-state index in [0.29, 0.717) is 10.7 Å². The predicted molar refractivity (Wildman–Crippen MR) is 125 cm³/mol. The summed E-state index contributed by atoms with van der Waals surface area (Å²) >= 11 is 2.82. The Hall–Kier alpha value is -3.29. The molecule has 0 aliphatic carbocycles. The number of fused-ring (bicyclic) bond motifs is 1. The van der Waals surface area contributed by atoms with Gasteiger partial charge in [-0.1, -0.05) is 60.7 Å². The fourth-order valence-electron chi connectivity index (χ4n) is 3.78. The van der Waals surface area contributed by atoms with Crippen LogP contribution in [0.5, 0.6) is 0 Å². The van der Waals surface area contributed by atoms with Crippen LogP contribution in [-0.4, -0.2) is 21.8 Å². The van der Waals surface area contributed by atoms with Crippen molar-refractivity contribution >= 4 is 55.5 Å². The molecule has 1 aliphatic heterocycles. The van der Waals surface area contributed by atoms with Crippen LogP contribution in [-0.2, 0) is 16.0 Å². The zero-order valence-electron chi connectivity index (χ0n) is 16.6. The van der Waals surface area contributed by atoms with E-state index in [-0.39, 0.29) is 11.3 Å². The highest BCUT2D eigenvalue weighted by molar-refractivity contribution is 7.22. The van der Waals surface area contributed by atoms with Crippen molar-refractivity contribution in [3.05, 3.63) is 87.6 Å². The van der Waals surface area contributed by atoms with Crippen molar-refractivity contribution in [2.75, 3.05) is 4.90 Å². The lowest BCUT2D eigenvalue weighted by Gasteiger charge is -2.21. The molecule has 1 N–H and O–H groups in total. The number of Topliss-reactive ketones (excluding diaryl/α,β-unsaturated/α-hetero) is 1. The number of amides is 1. The molecule has 0 spiro atoms. The van der Waals surface area contributed by atoms with Crippen LogP contribution < -0.4 is 4.90 Å². The quantitative estimate of drug-likeness (QED) is 0.254. The molecule has 5 rings (SSSR count). The number of thiophene rings is 1. The number of carbonyl (C=O) groups excluding carboxylic acids is 2. The second kappa shape index (κ2) is 7.76. The van der Waals surface area contributed by atoms with Gasteiger partial charge >= 0.3 is 5.91 Å². The van der Waals surface area contributed by atoms with E-state index in [2.05, 4.69) is 18.0 Å². The lowest BCUT2D eigenvalue weighted by molar-refractivity contribution is -0.132. The van der Waals surface area contributed by atoms with Gasteiger partial charge in [-0.3, -0.25) is 14.5 Å². The van der Waals surface area contributed by atoms with Gasteiger partial charge in [-0.2, -0.15) is 0 Å². The van der Waals surface area contributed by atoms with Crippen LogP contribution >= 0.6 is 22.7 Å². The molecule has 2 aromatic carbocycles. The smallest absolute Gasteiger partial charge is 0.301 e. The summed E-state index contributed by atoms with van der Waals surface area (Å²) in [4.78, 5) is 33.1. The van der Waals surface area contributed by atoms with Gasteiger partial charge in [0.2, 0.25) is 0 Å². The third-order valence-corrected chi connectivity index (χ3v) is 7.30. The number of hydrogen-bond donors (Lipinski definition) is 1. The van der Waals surface area contributed by atoms with Gasteiger partial charge in [-0.05, 0) is 35.6 Å². The Balaban J connectivity index is 1.70. The molecule has 2 aromatic heterocycles. The second-order valence-corrected chi connectivity index (χ2v) is 9.19. The van der Waals surface area contributed by atoms with Gasteiger partial charge in [-0.25, -0.2) is 4.98 Å². The molecule has 31 heavy (non-hydrogen) atoms. The van der Waals surface area contributed by atoms with Crippen molar-refractivity contribution in [3.8, 4) is 0 Å². The third kappa shape index (κ3) is 3.26. The van der Waals surface area contributed by atoms with E-state index in [9.17, 15) is 14.7 Å². The normalized spacial score (nSPS) is 18.2. The summed E-state index contributed by atoms with van der Waals surface area (Å²) in [6.45, 7) is 2.09. The Labute approximate surface area is 186 Å². The van der Waals surface area contributed by atoms with Gasteiger partial charge in [0.1, 0.15) is 11.8 Å². The molecule has 0 radical (unpaired) electrons. The number of aryl methyl sites for hydroxylation is 1. The summed E-state index contributed by atoms with van der Waals surface area (Å²) in [6, 6.07) is 17.9. The van der Waals surface area contributed by atoms with Crippen molar-refractivity contribution in [1.29, 1.82) is 0 Å². The van der Waals surface area contributed by atoms with Crippen molar-refractivity contribution in [2.24, 2.45) is 0 Å². The fourth-order valence-corrected chi connectivity index (χ4v) is 5.66. The zero-order chi connectivity index (χ0) is 21.5. The lowest BCUT2D eigenvalue weighted by Crippen LogP contribution is -2.28. The fraction of sp³-hybridized carbons (Fsp3) is 0.125. The molecule has 5 nitrogen and oxygen atoms in total. The third-order valence-electron chi connectivity index (χ3n) is 5.36. The largest absolute Gasteiger partial charge is 0.507 e. The molecule has 154 valence electrons. The van der Waals surface area contributed by atoms with Crippen LogP contribution in [0.2, 0.25) is 0 Å². The number of aliphatic hydroxyl groups is 1. The SMILES string of the molecule is CCc1ccc2nc(N3C(=O)C(=O)/C(=C(/O)c4ccccc4)[C@H]3c3cccs3)sc2c1. The second-order valence-electron chi connectivity index (χ2n) is 7.20. The number of hydrogen-bond acceptors (Lipinski definition) is 6. The molecular formula is C24H18N2O3S2. The number of anilines is 1. The molecule has 1 aliphatic rings.